The maximum atomic E-state index is 12.0. The fourth-order valence-corrected chi connectivity index (χ4v) is 5.98. The van der Waals surface area contributed by atoms with E-state index in [1.54, 1.807) is 27.7 Å². The Hall–Kier alpha value is -1.10. The van der Waals surface area contributed by atoms with Crippen LogP contribution in [0.2, 0.25) is 0 Å². The zero-order valence-corrected chi connectivity index (χ0v) is 12.0. The molecule has 0 saturated heterocycles. The van der Waals surface area contributed by atoms with Gasteiger partial charge in [-0.3, -0.25) is 0 Å². The minimum absolute atomic E-state index is 0.0788. The average Bonchev–Trinajstić information content (AvgIpc) is 2.37. The quantitative estimate of drug-likeness (QED) is 0.617. The van der Waals surface area contributed by atoms with Gasteiger partial charge in [0.25, 0.3) is 0 Å². The number of hydrogen-bond donors (Lipinski definition) is 0. The van der Waals surface area contributed by atoms with Crippen molar-refractivity contribution in [3.05, 3.63) is 0 Å². The third-order valence-corrected chi connectivity index (χ3v) is 7.72. The zero-order chi connectivity index (χ0) is 13.6. The molecule has 0 spiro atoms. The maximum absolute atomic E-state index is 12.0. The Kier molecular flexibility index (Phi) is 6.16. The fraction of sp³-hybridized carbons (Fsp3) is 0.667. The summed E-state index contributed by atoms with van der Waals surface area (Å²) in [5.74, 6) is 0. The molecule has 0 aliphatic heterocycles. The molecule has 0 aliphatic rings. The van der Waals surface area contributed by atoms with E-state index < -0.39 is 29.7 Å². The average molecular weight is 256 g/mol. The standard InChI is InChI=1S/C12H20O4Si/c1-5-9(13)17(10(14)6-2,11(15)7-3)12(16)8-4/h5-8H2,1-4H3. The van der Waals surface area contributed by atoms with Gasteiger partial charge >= 0.3 is 8.07 Å². The molecule has 0 atom stereocenters. The first-order valence-corrected chi connectivity index (χ1v) is 8.06. The molecule has 0 saturated carbocycles. The van der Waals surface area contributed by atoms with Crippen LogP contribution in [0.25, 0.3) is 0 Å². The highest BCUT2D eigenvalue weighted by Crippen LogP contribution is 2.17. The molecule has 0 unspecified atom stereocenters. The van der Waals surface area contributed by atoms with E-state index in [1.165, 1.54) is 0 Å². The number of carbonyl (C=O) groups excluding carboxylic acids is 4. The number of rotatable bonds is 8. The van der Waals surface area contributed by atoms with Crippen LogP contribution in [-0.4, -0.2) is 29.7 Å². The number of hydrogen-bond acceptors (Lipinski definition) is 4. The van der Waals surface area contributed by atoms with Gasteiger partial charge in [-0.15, -0.1) is 0 Å². The van der Waals surface area contributed by atoms with E-state index in [0.29, 0.717) is 0 Å². The molecule has 5 heteroatoms. The highest BCUT2D eigenvalue weighted by Gasteiger charge is 2.58. The Bertz CT molecular complexity index is 277. The summed E-state index contributed by atoms with van der Waals surface area (Å²) in [6.45, 7) is 6.38. The van der Waals surface area contributed by atoms with E-state index >= 15 is 0 Å². The lowest BCUT2D eigenvalue weighted by molar-refractivity contribution is -0.122. The minimum Gasteiger partial charge on any atom is -0.304 e. The van der Waals surface area contributed by atoms with Gasteiger partial charge in [-0.2, -0.15) is 0 Å². The summed E-state index contributed by atoms with van der Waals surface area (Å²) >= 11 is 0. The van der Waals surface area contributed by atoms with Crippen LogP contribution in [0.3, 0.4) is 0 Å². The lowest BCUT2D eigenvalue weighted by Crippen LogP contribution is -2.65. The molecule has 0 radical (unpaired) electrons. The SMILES string of the molecule is CCC(=O)[Si](C(=O)CC)(C(=O)CC)C(=O)CC. The van der Waals surface area contributed by atoms with Crippen LogP contribution >= 0.6 is 0 Å². The Morgan fingerprint density at radius 3 is 0.882 bits per heavy atom. The van der Waals surface area contributed by atoms with Gasteiger partial charge in [0, 0.05) is 25.7 Å². The molecule has 0 bridgehead atoms. The lowest BCUT2D eigenvalue weighted by Gasteiger charge is -2.23. The first-order chi connectivity index (χ1) is 7.93. The largest absolute Gasteiger partial charge is 0.347 e. The molecule has 96 valence electrons. The summed E-state index contributed by atoms with van der Waals surface area (Å²) in [6, 6.07) is 0. The predicted molar refractivity (Wildman–Crippen MR) is 66.9 cm³/mol. The van der Waals surface area contributed by atoms with Crippen LogP contribution in [-0.2, 0) is 19.2 Å². The van der Waals surface area contributed by atoms with E-state index in [-0.39, 0.29) is 25.7 Å². The number of carbonyl (C=O) groups is 4. The summed E-state index contributed by atoms with van der Waals surface area (Å²) in [6.07, 6.45) is 0.315. The summed E-state index contributed by atoms with van der Waals surface area (Å²) in [4.78, 5) is 48.1. The third-order valence-electron chi connectivity index (χ3n) is 2.96. The molecule has 17 heavy (non-hydrogen) atoms. The molecule has 0 N–H and O–H groups in total. The van der Waals surface area contributed by atoms with Gasteiger partial charge in [0.15, 0.2) is 0 Å². The summed E-state index contributed by atoms with van der Waals surface area (Å²) in [5.41, 5.74) is 0. The van der Waals surface area contributed by atoms with Crippen LogP contribution in [0.4, 0.5) is 0 Å². The van der Waals surface area contributed by atoms with Gasteiger partial charge < -0.3 is 19.2 Å². The molecule has 0 fully saturated rings. The lowest BCUT2D eigenvalue weighted by atomic mass is 10.5. The highest BCUT2D eigenvalue weighted by molar-refractivity contribution is 7.53. The minimum atomic E-state index is -3.76. The normalized spacial score (nSPS) is 11.1. The smallest absolute Gasteiger partial charge is 0.304 e. The molecular weight excluding hydrogens is 236 g/mol. The van der Waals surface area contributed by atoms with E-state index in [9.17, 15) is 19.2 Å². The van der Waals surface area contributed by atoms with Crippen molar-refractivity contribution >= 4 is 29.7 Å². The molecule has 0 aromatic rings. The summed E-state index contributed by atoms with van der Waals surface area (Å²) in [5, 5.41) is -1.71. The third kappa shape index (κ3) is 2.60. The Morgan fingerprint density at radius 1 is 0.588 bits per heavy atom. The van der Waals surface area contributed by atoms with Crippen molar-refractivity contribution in [2.45, 2.75) is 53.4 Å². The van der Waals surface area contributed by atoms with Gasteiger partial charge in [-0.05, 0) is 0 Å². The zero-order valence-electron chi connectivity index (χ0n) is 11.0. The molecule has 0 aliphatic carbocycles. The van der Waals surface area contributed by atoms with Crippen molar-refractivity contribution in [2.24, 2.45) is 0 Å². The Morgan fingerprint density at radius 2 is 0.765 bits per heavy atom. The first-order valence-electron chi connectivity index (χ1n) is 6.06. The van der Waals surface area contributed by atoms with Crippen molar-refractivity contribution in [2.75, 3.05) is 0 Å². The van der Waals surface area contributed by atoms with Crippen LogP contribution in [0, 0.1) is 0 Å². The van der Waals surface area contributed by atoms with Crippen LogP contribution in [0.15, 0.2) is 0 Å². The van der Waals surface area contributed by atoms with E-state index in [4.69, 9.17) is 0 Å². The van der Waals surface area contributed by atoms with Gasteiger partial charge in [0.1, 0.15) is 21.6 Å². The van der Waals surface area contributed by atoms with Gasteiger partial charge in [0.05, 0.1) is 0 Å². The second-order valence-corrected chi connectivity index (χ2v) is 7.59. The van der Waals surface area contributed by atoms with E-state index in [2.05, 4.69) is 0 Å². The highest BCUT2D eigenvalue weighted by atomic mass is 28.3. The van der Waals surface area contributed by atoms with E-state index in [0.717, 1.165) is 0 Å². The molecule has 0 amide bonds. The van der Waals surface area contributed by atoms with Crippen molar-refractivity contribution in [3.8, 4) is 0 Å². The van der Waals surface area contributed by atoms with Crippen molar-refractivity contribution < 1.29 is 19.2 Å². The van der Waals surface area contributed by atoms with E-state index in [1.807, 2.05) is 0 Å². The first kappa shape index (κ1) is 15.9. The molecule has 0 heterocycles. The van der Waals surface area contributed by atoms with Crippen LogP contribution < -0.4 is 0 Å². The second kappa shape index (κ2) is 6.59. The van der Waals surface area contributed by atoms with Gasteiger partial charge in [0.2, 0.25) is 0 Å². The molecule has 0 aromatic heterocycles. The van der Waals surface area contributed by atoms with Crippen molar-refractivity contribution in [1.82, 2.24) is 0 Å². The maximum Gasteiger partial charge on any atom is 0.347 e. The predicted octanol–water partition coefficient (Wildman–Crippen LogP) is 1.51. The summed E-state index contributed by atoms with van der Waals surface area (Å²) in [7, 11) is -3.76. The Balaban J connectivity index is 5.88. The molecule has 0 aromatic carbocycles. The molecule has 4 nitrogen and oxygen atoms in total. The second-order valence-electron chi connectivity index (χ2n) is 3.86. The monoisotopic (exact) mass is 256 g/mol. The van der Waals surface area contributed by atoms with Crippen LogP contribution in [0.5, 0.6) is 0 Å². The topological polar surface area (TPSA) is 68.3 Å². The Labute approximate surface area is 103 Å². The van der Waals surface area contributed by atoms with Crippen LogP contribution in [0.1, 0.15) is 53.4 Å². The van der Waals surface area contributed by atoms with Crippen molar-refractivity contribution in [3.63, 3.8) is 0 Å². The van der Waals surface area contributed by atoms with Gasteiger partial charge in [-0.1, -0.05) is 27.7 Å². The van der Waals surface area contributed by atoms with Gasteiger partial charge in [-0.25, -0.2) is 0 Å². The fourth-order valence-electron chi connectivity index (χ4n) is 1.99. The van der Waals surface area contributed by atoms with Crippen molar-refractivity contribution in [1.29, 1.82) is 0 Å². The molecule has 0 rings (SSSR count). The molecular formula is C12H20O4Si. The summed E-state index contributed by atoms with van der Waals surface area (Å²) < 4.78 is 0.